The van der Waals surface area contributed by atoms with Crippen molar-refractivity contribution in [1.82, 2.24) is 0 Å². The molecule has 0 aromatic rings. The zero-order chi connectivity index (χ0) is 37.3. The number of carbonyl (C=O) groups excluding carboxylic acids is 4. The third-order valence-corrected chi connectivity index (χ3v) is 8.39. The Morgan fingerprint density at radius 1 is 0.580 bits per heavy atom. The minimum absolute atomic E-state index is 0.00121. The minimum Gasteiger partial charge on any atom is -0.463 e. The molecule has 1 fully saturated rings. The molecular formula is C36H64O14. The predicted octanol–water partition coefficient (Wildman–Crippen LogP) is 4.14. The number of aliphatic hydroxyl groups is 4. The average Bonchev–Trinajstić information content (AvgIpc) is 3.09. The maximum atomic E-state index is 13.2. The van der Waals surface area contributed by atoms with Gasteiger partial charge in [-0.3, -0.25) is 19.2 Å². The number of hydrogen-bond donors (Lipinski definition) is 4. The molecule has 292 valence electrons. The molecule has 0 bridgehead atoms. The third-order valence-electron chi connectivity index (χ3n) is 8.39. The van der Waals surface area contributed by atoms with Gasteiger partial charge in [-0.05, 0) is 25.7 Å². The lowest BCUT2D eigenvalue weighted by atomic mass is 9.97. The standard InChI is InChI=1S/C36H64O14/c1-5-9-13-14-18-22-30(42)49-34-33(48-29(41)21-17-12-8-4)32(47-28(40)20-16-11-7-3)26(24-45-27(39)19-15-10-6-2)46-36(34)50-35(44)31(43)25(38)23-37/h25-26,31-38,43-44H,5-24H2,1-4H3/t25-,26+,31+,32+,33-,34-,35?,36-/m0/s1. The summed E-state index contributed by atoms with van der Waals surface area (Å²) in [6, 6.07) is 0. The van der Waals surface area contributed by atoms with Gasteiger partial charge in [-0.1, -0.05) is 91.9 Å². The van der Waals surface area contributed by atoms with Crippen LogP contribution in [0.2, 0.25) is 0 Å². The summed E-state index contributed by atoms with van der Waals surface area (Å²) in [6.07, 6.45) is -2.74. The molecule has 14 nitrogen and oxygen atoms in total. The van der Waals surface area contributed by atoms with Crippen LogP contribution in [0.15, 0.2) is 0 Å². The van der Waals surface area contributed by atoms with Gasteiger partial charge in [-0.25, -0.2) is 0 Å². The third kappa shape index (κ3) is 18.2. The summed E-state index contributed by atoms with van der Waals surface area (Å²) in [5.41, 5.74) is 0. The van der Waals surface area contributed by atoms with Crippen LogP contribution in [0.3, 0.4) is 0 Å². The van der Waals surface area contributed by atoms with Crippen LogP contribution < -0.4 is 0 Å². The highest BCUT2D eigenvalue weighted by atomic mass is 16.8. The van der Waals surface area contributed by atoms with E-state index < -0.39 is 86.3 Å². The van der Waals surface area contributed by atoms with Crippen LogP contribution in [0.4, 0.5) is 0 Å². The summed E-state index contributed by atoms with van der Waals surface area (Å²) < 4.78 is 34.6. The van der Waals surface area contributed by atoms with E-state index in [4.69, 9.17) is 28.4 Å². The Morgan fingerprint density at radius 2 is 1.00 bits per heavy atom. The maximum absolute atomic E-state index is 13.2. The molecule has 1 unspecified atom stereocenters. The fourth-order valence-corrected chi connectivity index (χ4v) is 5.35. The summed E-state index contributed by atoms with van der Waals surface area (Å²) in [5.74, 6) is -2.56. The van der Waals surface area contributed by atoms with Gasteiger partial charge in [0.2, 0.25) is 6.29 Å². The first kappa shape index (κ1) is 45.7. The molecule has 1 saturated heterocycles. The molecule has 1 rings (SSSR count). The molecular weight excluding hydrogens is 656 g/mol. The molecule has 4 N–H and O–H groups in total. The van der Waals surface area contributed by atoms with Crippen LogP contribution in [0.25, 0.3) is 0 Å². The number of esters is 4. The van der Waals surface area contributed by atoms with Gasteiger partial charge in [0.25, 0.3) is 0 Å². The van der Waals surface area contributed by atoms with Gasteiger partial charge < -0.3 is 48.8 Å². The fraction of sp³-hybridized carbons (Fsp3) is 0.889. The number of carbonyl (C=O) groups is 4. The van der Waals surface area contributed by atoms with Crippen LogP contribution in [0, 0.1) is 0 Å². The lowest BCUT2D eigenvalue weighted by molar-refractivity contribution is -0.348. The van der Waals surface area contributed by atoms with E-state index in [0.717, 1.165) is 64.2 Å². The number of ether oxygens (including phenoxy) is 6. The Hall–Kier alpha value is -2.36. The number of aliphatic hydroxyl groups excluding tert-OH is 4. The van der Waals surface area contributed by atoms with Crippen molar-refractivity contribution in [3.63, 3.8) is 0 Å². The zero-order valence-corrected chi connectivity index (χ0v) is 30.6. The van der Waals surface area contributed by atoms with Gasteiger partial charge in [0.15, 0.2) is 24.6 Å². The molecule has 8 atom stereocenters. The second-order valence-corrected chi connectivity index (χ2v) is 12.9. The van der Waals surface area contributed by atoms with E-state index >= 15 is 0 Å². The van der Waals surface area contributed by atoms with Crippen molar-refractivity contribution in [1.29, 1.82) is 0 Å². The molecule has 1 aliphatic heterocycles. The van der Waals surface area contributed by atoms with Gasteiger partial charge in [-0.15, -0.1) is 0 Å². The van der Waals surface area contributed by atoms with Crippen molar-refractivity contribution in [2.45, 2.75) is 192 Å². The lowest BCUT2D eigenvalue weighted by Crippen LogP contribution is -2.64. The van der Waals surface area contributed by atoms with Gasteiger partial charge >= 0.3 is 23.9 Å². The second-order valence-electron chi connectivity index (χ2n) is 12.9. The van der Waals surface area contributed by atoms with Gasteiger partial charge in [0.05, 0.1) is 6.61 Å². The first-order valence-electron chi connectivity index (χ1n) is 18.7. The topological polar surface area (TPSA) is 205 Å². The minimum atomic E-state index is -2.18. The molecule has 14 heteroatoms. The van der Waals surface area contributed by atoms with Crippen LogP contribution in [0.1, 0.15) is 143 Å². The molecule has 50 heavy (non-hydrogen) atoms. The number of unbranched alkanes of at least 4 members (excludes halogenated alkanes) is 10. The van der Waals surface area contributed by atoms with E-state index in [1.54, 1.807) is 0 Å². The smallest absolute Gasteiger partial charge is 0.306 e. The number of hydrogen-bond acceptors (Lipinski definition) is 14. The van der Waals surface area contributed by atoms with Gasteiger partial charge in [-0.2, -0.15) is 0 Å². The molecule has 1 aliphatic rings. The summed E-state index contributed by atoms with van der Waals surface area (Å²) in [5, 5.41) is 40.3. The van der Waals surface area contributed by atoms with Crippen molar-refractivity contribution in [3.05, 3.63) is 0 Å². The second kappa shape index (κ2) is 27.3. The lowest BCUT2D eigenvalue weighted by Gasteiger charge is -2.45. The van der Waals surface area contributed by atoms with Crippen molar-refractivity contribution in [3.8, 4) is 0 Å². The van der Waals surface area contributed by atoms with Gasteiger partial charge in [0.1, 0.15) is 24.9 Å². The van der Waals surface area contributed by atoms with Crippen molar-refractivity contribution >= 4 is 23.9 Å². The Bertz CT molecular complexity index is 946. The van der Waals surface area contributed by atoms with Crippen molar-refractivity contribution in [2.24, 2.45) is 0 Å². The summed E-state index contributed by atoms with van der Waals surface area (Å²) >= 11 is 0. The quantitative estimate of drug-likeness (QED) is 0.0388. The normalized spacial score (nSPS) is 22.3. The van der Waals surface area contributed by atoms with Crippen LogP contribution in [-0.2, 0) is 47.6 Å². The monoisotopic (exact) mass is 720 g/mol. The molecule has 0 spiro atoms. The van der Waals surface area contributed by atoms with E-state index in [1.165, 1.54) is 0 Å². The summed E-state index contributed by atoms with van der Waals surface area (Å²) in [6.45, 7) is 6.63. The van der Waals surface area contributed by atoms with E-state index in [2.05, 4.69) is 6.92 Å². The Labute approximate surface area is 297 Å². The Balaban J connectivity index is 3.55. The average molecular weight is 721 g/mol. The summed E-state index contributed by atoms with van der Waals surface area (Å²) in [7, 11) is 0. The van der Waals surface area contributed by atoms with Crippen LogP contribution in [0.5, 0.6) is 0 Å². The highest BCUT2D eigenvalue weighted by molar-refractivity contribution is 5.72. The molecule has 0 amide bonds. The van der Waals surface area contributed by atoms with Crippen molar-refractivity contribution < 1.29 is 68.0 Å². The van der Waals surface area contributed by atoms with Crippen LogP contribution in [-0.4, -0.2) is 107 Å². The Morgan fingerprint density at radius 3 is 1.50 bits per heavy atom. The Kier molecular flexibility index (Phi) is 24.9. The highest BCUT2D eigenvalue weighted by Gasteiger charge is 2.54. The first-order valence-corrected chi connectivity index (χ1v) is 18.7. The molecule has 0 aromatic heterocycles. The van der Waals surface area contributed by atoms with E-state index in [1.807, 2.05) is 20.8 Å². The number of rotatable bonds is 28. The van der Waals surface area contributed by atoms with E-state index in [-0.39, 0.29) is 25.7 Å². The van der Waals surface area contributed by atoms with E-state index in [9.17, 15) is 39.6 Å². The molecule has 0 aliphatic carbocycles. The highest BCUT2D eigenvalue weighted by Crippen LogP contribution is 2.32. The largest absolute Gasteiger partial charge is 0.463 e. The van der Waals surface area contributed by atoms with Gasteiger partial charge in [0, 0.05) is 25.7 Å². The van der Waals surface area contributed by atoms with Crippen molar-refractivity contribution in [2.75, 3.05) is 13.2 Å². The maximum Gasteiger partial charge on any atom is 0.306 e. The zero-order valence-electron chi connectivity index (χ0n) is 30.6. The van der Waals surface area contributed by atoms with Crippen LogP contribution >= 0.6 is 0 Å². The predicted molar refractivity (Wildman–Crippen MR) is 181 cm³/mol. The fourth-order valence-electron chi connectivity index (χ4n) is 5.35. The molecule has 0 radical (unpaired) electrons. The SMILES string of the molecule is CCCCCCCC(=O)O[C@@H]1[C@H](OC(O)[C@H](O)[C@@H](O)CO)O[C@H](COC(=O)CCCCC)[C@@H](OC(=O)CCCCC)[C@@H]1OC(=O)CCCCC. The molecule has 0 aromatic carbocycles. The first-order chi connectivity index (χ1) is 24.0. The summed E-state index contributed by atoms with van der Waals surface area (Å²) in [4.78, 5) is 52.1. The van der Waals surface area contributed by atoms with E-state index in [0.29, 0.717) is 25.7 Å². The molecule has 0 saturated carbocycles. The molecule has 1 heterocycles.